The normalized spacial score (nSPS) is 27.3. The lowest BCUT2D eigenvalue weighted by atomic mass is 10.0. The van der Waals surface area contributed by atoms with Crippen molar-refractivity contribution in [3.05, 3.63) is 35.9 Å². The Morgan fingerprint density at radius 1 is 1.21 bits per heavy atom. The summed E-state index contributed by atoms with van der Waals surface area (Å²) in [5, 5.41) is 0. The van der Waals surface area contributed by atoms with E-state index >= 15 is 0 Å². The van der Waals surface area contributed by atoms with Gasteiger partial charge in [0.25, 0.3) is 0 Å². The highest BCUT2D eigenvalue weighted by Gasteiger charge is 2.38. The summed E-state index contributed by atoms with van der Waals surface area (Å²) in [6.45, 7) is 1.87. The van der Waals surface area contributed by atoms with E-state index in [0.29, 0.717) is 6.42 Å². The Labute approximate surface area is 114 Å². The van der Waals surface area contributed by atoms with Crippen LogP contribution in [-0.2, 0) is 11.2 Å². The minimum absolute atomic E-state index is 0.137. The van der Waals surface area contributed by atoms with Gasteiger partial charge in [-0.25, -0.2) is 0 Å². The number of benzene rings is 1. The number of carbonyl (C=O) groups is 1. The summed E-state index contributed by atoms with van der Waals surface area (Å²) in [6, 6.07) is 9.65. The van der Waals surface area contributed by atoms with Gasteiger partial charge in [-0.2, -0.15) is 0 Å². The Hall–Kier alpha value is -1.35. The zero-order valence-electron chi connectivity index (χ0n) is 11.3. The van der Waals surface area contributed by atoms with Gasteiger partial charge < -0.3 is 10.6 Å². The fourth-order valence-corrected chi connectivity index (χ4v) is 3.60. The minimum Gasteiger partial charge on any atom is -0.341 e. The Kier molecular flexibility index (Phi) is 3.56. The zero-order valence-corrected chi connectivity index (χ0v) is 11.3. The lowest BCUT2D eigenvalue weighted by Gasteiger charge is -2.21. The molecular formula is C16H22N2O. The lowest BCUT2D eigenvalue weighted by Crippen LogP contribution is -2.44. The molecule has 2 unspecified atom stereocenters. The van der Waals surface area contributed by atoms with Gasteiger partial charge in [0.2, 0.25) is 5.91 Å². The maximum atomic E-state index is 12.4. The van der Waals surface area contributed by atoms with Crippen LogP contribution in [0.25, 0.3) is 0 Å². The summed E-state index contributed by atoms with van der Waals surface area (Å²) in [4.78, 5) is 14.4. The van der Waals surface area contributed by atoms with E-state index in [-0.39, 0.29) is 11.9 Å². The molecule has 1 heterocycles. The summed E-state index contributed by atoms with van der Waals surface area (Å²) < 4.78 is 0. The number of nitrogens with zero attached hydrogens (tertiary/aromatic N) is 1. The molecule has 102 valence electrons. The van der Waals surface area contributed by atoms with Gasteiger partial charge >= 0.3 is 0 Å². The number of hydrogen-bond donors (Lipinski definition) is 1. The predicted octanol–water partition coefficient (Wildman–Crippen LogP) is 1.81. The van der Waals surface area contributed by atoms with Crippen LogP contribution in [0, 0.1) is 11.8 Å². The van der Waals surface area contributed by atoms with Crippen LogP contribution in [-0.4, -0.2) is 29.9 Å². The van der Waals surface area contributed by atoms with Gasteiger partial charge in [-0.1, -0.05) is 36.8 Å². The number of amides is 1. The number of hydrogen-bond acceptors (Lipinski definition) is 2. The van der Waals surface area contributed by atoms with Crippen molar-refractivity contribution < 1.29 is 4.79 Å². The third kappa shape index (κ3) is 2.66. The van der Waals surface area contributed by atoms with Gasteiger partial charge in [-0.15, -0.1) is 0 Å². The first-order valence-electron chi connectivity index (χ1n) is 7.32. The Balaban J connectivity index is 1.58. The number of nitrogens with two attached hydrogens (primary N) is 1. The van der Waals surface area contributed by atoms with E-state index in [9.17, 15) is 4.79 Å². The number of likely N-dealkylation sites (tertiary alicyclic amines) is 1. The fourth-order valence-electron chi connectivity index (χ4n) is 3.60. The van der Waals surface area contributed by atoms with E-state index in [1.54, 1.807) is 0 Å². The average Bonchev–Trinajstić information content (AvgIpc) is 2.99. The molecule has 19 heavy (non-hydrogen) atoms. The second-order valence-electron chi connectivity index (χ2n) is 5.99. The van der Waals surface area contributed by atoms with Crippen molar-refractivity contribution in [2.75, 3.05) is 13.1 Å². The van der Waals surface area contributed by atoms with Gasteiger partial charge in [0.15, 0.2) is 0 Å². The molecule has 3 rings (SSSR count). The summed E-state index contributed by atoms with van der Waals surface area (Å²) in [5.74, 6) is 1.62. The fraction of sp³-hybridized carbons (Fsp3) is 0.562. The Morgan fingerprint density at radius 2 is 1.84 bits per heavy atom. The van der Waals surface area contributed by atoms with Crippen molar-refractivity contribution in [1.82, 2.24) is 4.90 Å². The molecule has 1 aromatic carbocycles. The number of rotatable bonds is 3. The van der Waals surface area contributed by atoms with Crippen LogP contribution in [0.4, 0.5) is 0 Å². The standard InChI is InChI=1S/C16H22N2O/c17-15(9-12-5-2-1-3-6-12)16(19)18-10-13-7-4-8-14(13)11-18/h1-3,5-6,13-15H,4,7-11,17H2/t13?,14?,15-/m0/s1. The largest absolute Gasteiger partial charge is 0.341 e. The lowest BCUT2D eigenvalue weighted by molar-refractivity contribution is -0.131. The second-order valence-corrected chi connectivity index (χ2v) is 5.99. The van der Waals surface area contributed by atoms with Crippen LogP contribution >= 0.6 is 0 Å². The quantitative estimate of drug-likeness (QED) is 0.899. The first-order chi connectivity index (χ1) is 9.24. The van der Waals surface area contributed by atoms with Crippen molar-refractivity contribution in [3.63, 3.8) is 0 Å². The maximum absolute atomic E-state index is 12.4. The van der Waals surface area contributed by atoms with Gasteiger partial charge in [0, 0.05) is 13.1 Å². The molecule has 1 saturated heterocycles. The van der Waals surface area contributed by atoms with E-state index in [0.717, 1.165) is 30.5 Å². The van der Waals surface area contributed by atoms with Crippen molar-refractivity contribution in [1.29, 1.82) is 0 Å². The molecule has 2 N–H and O–H groups in total. The van der Waals surface area contributed by atoms with Gasteiger partial charge in [-0.05, 0) is 36.7 Å². The molecule has 0 aromatic heterocycles. The molecule has 0 radical (unpaired) electrons. The molecule has 1 aromatic rings. The summed E-state index contributed by atoms with van der Waals surface area (Å²) in [5.41, 5.74) is 7.23. The summed E-state index contributed by atoms with van der Waals surface area (Å²) in [7, 11) is 0. The van der Waals surface area contributed by atoms with E-state index < -0.39 is 0 Å². The number of fused-ring (bicyclic) bond motifs is 1. The molecular weight excluding hydrogens is 236 g/mol. The molecule has 0 spiro atoms. The Morgan fingerprint density at radius 3 is 2.47 bits per heavy atom. The predicted molar refractivity (Wildman–Crippen MR) is 75.5 cm³/mol. The van der Waals surface area contributed by atoms with E-state index in [2.05, 4.69) is 0 Å². The molecule has 1 amide bonds. The second kappa shape index (κ2) is 5.33. The van der Waals surface area contributed by atoms with Crippen LogP contribution in [0.2, 0.25) is 0 Å². The molecule has 1 aliphatic heterocycles. The third-order valence-corrected chi connectivity index (χ3v) is 4.65. The average molecular weight is 258 g/mol. The topological polar surface area (TPSA) is 46.3 Å². The molecule has 3 nitrogen and oxygen atoms in total. The molecule has 3 atom stereocenters. The van der Waals surface area contributed by atoms with Crippen LogP contribution in [0.15, 0.2) is 30.3 Å². The van der Waals surface area contributed by atoms with Crippen LogP contribution < -0.4 is 5.73 Å². The first kappa shape index (κ1) is 12.7. The van der Waals surface area contributed by atoms with Gasteiger partial charge in [0.1, 0.15) is 0 Å². The third-order valence-electron chi connectivity index (χ3n) is 4.65. The zero-order chi connectivity index (χ0) is 13.2. The SMILES string of the molecule is N[C@@H](Cc1ccccc1)C(=O)N1CC2CCCC2C1. The molecule has 1 aliphatic carbocycles. The Bertz CT molecular complexity index is 433. The molecule has 1 saturated carbocycles. The highest BCUT2D eigenvalue weighted by Crippen LogP contribution is 2.37. The molecule has 0 bridgehead atoms. The van der Waals surface area contributed by atoms with E-state index in [1.165, 1.54) is 19.3 Å². The molecule has 3 heteroatoms. The monoisotopic (exact) mass is 258 g/mol. The maximum Gasteiger partial charge on any atom is 0.239 e. The van der Waals surface area contributed by atoms with E-state index in [1.807, 2.05) is 35.2 Å². The van der Waals surface area contributed by atoms with E-state index in [4.69, 9.17) is 5.73 Å². The van der Waals surface area contributed by atoms with Crippen molar-refractivity contribution in [2.45, 2.75) is 31.7 Å². The minimum atomic E-state index is -0.388. The smallest absolute Gasteiger partial charge is 0.239 e. The van der Waals surface area contributed by atoms with Gasteiger partial charge in [0.05, 0.1) is 6.04 Å². The summed E-state index contributed by atoms with van der Waals surface area (Å²) >= 11 is 0. The van der Waals surface area contributed by atoms with Crippen LogP contribution in [0.5, 0.6) is 0 Å². The highest BCUT2D eigenvalue weighted by atomic mass is 16.2. The van der Waals surface area contributed by atoms with Crippen molar-refractivity contribution in [3.8, 4) is 0 Å². The molecule has 2 fully saturated rings. The molecule has 2 aliphatic rings. The van der Waals surface area contributed by atoms with Crippen molar-refractivity contribution in [2.24, 2.45) is 17.6 Å². The first-order valence-corrected chi connectivity index (χ1v) is 7.32. The van der Waals surface area contributed by atoms with Crippen LogP contribution in [0.3, 0.4) is 0 Å². The van der Waals surface area contributed by atoms with Crippen LogP contribution in [0.1, 0.15) is 24.8 Å². The van der Waals surface area contributed by atoms with Crippen molar-refractivity contribution >= 4 is 5.91 Å². The number of carbonyl (C=O) groups excluding carboxylic acids is 1. The highest BCUT2D eigenvalue weighted by molar-refractivity contribution is 5.82. The summed E-state index contributed by atoms with van der Waals surface area (Å²) in [6.07, 6.45) is 4.57. The van der Waals surface area contributed by atoms with Gasteiger partial charge in [-0.3, -0.25) is 4.79 Å².